The molecular weight excluding hydrogens is 368 g/mol. The third-order valence-electron chi connectivity index (χ3n) is 5.15. The largest absolute Gasteiger partial charge is 0.308 e. The minimum atomic E-state index is -0.605. The Kier molecular flexibility index (Phi) is 6.22. The maximum absolute atomic E-state index is 13.1. The average Bonchev–Trinajstić information content (AvgIpc) is 3.04. The summed E-state index contributed by atoms with van der Waals surface area (Å²) in [4.78, 5) is 51.2. The smallest absolute Gasteiger partial charge is 0.236 e. The molecular formula is C23H24N2O4. The van der Waals surface area contributed by atoms with Crippen molar-refractivity contribution in [2.75, 3.05) is 4.90 Å². The maximum atomic E-state index is 13.1. The maximum Gasteiger partial charge on any atom is 0.236 e. The average molecular weight is 392 g/mol. The summed E-state index contributed by atoms with van der Waals surface area (Å²) in [5.74, 6) is -1.80. The van der Waals surface area contributed by atoms with Crippen molar-refractivity contribution >= 4 is 29.3 Å². The summed E-state index contributed by atoms with van der Waals surface area (Å²) in [6.45, 7) is 4.30. The molecule has 1 aliphatic rings. The number of likely N-dealkylation sites (tertiary alicyclic amines) is 1. The molecule has 0 saturated carbocycles. The van der Waals surface area contributed by atoms with Gasteiger partial charge in [0.2, 0.25) is 23.6 Å². The van der Waals surface area contributed by atoms with Crippen LogP contribution in [0.5, 0.6) is 0 Å². The SMILES string of the molecule is Cc1ccccc1CN(C(=O)CCC(=O)N1C(=O)CCC1=O)c1ccccc1C. The Morgan fingerprint density at radius 1 is 0.862 bits per heavy atom. The van der Waals surface area contributed by atoms with Crippen molar-refractivity contribution in [3.8, 4) is 0 Å². The Labute approximate surface area is 170 Å². The second kappa shape index (κ2) is 8.82. The number of hydrogen-bond acceptors (Lipinski definition) is 4. The molecule has 6 heteroatoms. The first-order valence-corrected chi connectivity index (χ1v) is 9.67. The van der Waals surface area contributed by atoms with Crippen molar-refractivity contribution in [1.29, 1.82) is 0 Å². The van der Waals surface area contributed by atoms with Crippen LogP contribution in [0, 0.1) is 13.8 Å². The standard InChI is InChI=1S/C23H24N2O4/c1-16-7-3-5-9-18(16)15-24(19-10-6-4-8-17(19)2)20(26)11-12-21(27)25-22(28)13-14-23(25)29/h3-10H,11-15H2,1-2H3. The first kappa shape index (κ1) is 20.5. The van der Waals surface area contributed by atoms with Gasteiger partial charge in [-0.25, -0.2) is 4.90 Å². The van der Waals surface area contributed by atoms with Crippen LogP contribution in [0.25, 0.3) is 0 Å². The number of anilines is 1. The van der Waals surface area contributed by atoms with E-state index in [1.54, 1.807) is 4.90 Å². The molecule has 0 aromatic heterocycles. The zero-order chi connectivity index (χ0) is 21.0. The van der Waals surface area contributed by atoms with Gasteiger partial charge < -0.3 is 4.90 Å². The van der Waals surface area contributed by atoms with E-state index in [0.717, 1.165) is 22.4 Å². The highest BCUT2D eigenvalue weighted by molar-refractivity contribution is 6.15. The zero-order valence-electron chi connectivity index (χ0n) is 16.7. The molecule has 29 heavy (non-hydrogen) atoms. The predicted molar refractivity (Wildman–Crippen MR) is 109 cm³/mol. The summed E-state index contributed by atoms with van der Waals surface area (Å²) in [7, 11) is 0. The van der Waals surface area contributed by atoms with Crippen molar-refractivity contribution in [2.24, 2.45) is 0 Å². The molecule has 0 atom stereocenters. The van der Waals surface area contributed by atoms with E-state index < -0.39 is 17.7 Å². The molecule has 2 aromatic carbocycles. The van der Waals surface area contributed by atoms with E-state index in [0.29, 0.717) is 11.4 Å². The van der Waals surface area contributed by atoms with Gasteiger partial charge in [0.15, 0.2) is 0 Å². The molecule has 0 bridgehead atoms. The summed E-state index contributed by atoms with van der Waals surface area (Å²) in [6, 6.07) is 15.4. The first-order chi connectivity index (χ1) is 13.9. The van der Waals surface area contributed by atoms with E-state index in [9.17, 15) is 19.2 Å². The van der Waals surface area contributed by atoms with E-state index in [4.69, 9.17) is 0 Å². The molecule has 150 valence electrons. The summed E-state index contributed by atoms with van der Waals surface area (Å²) >= 11 is 0. The Hall–Kier alpha value is -3.28. The molecule has 0 aliphatic carbocycles. The van der Waals surface area contributed by atoms with Gasteiger partial charge in [0.05, 0.1) is 6.54 Å². The number of nitrogens with zero attached hydrogens (tertiary/aromatic N) is 2. The number of amides is 4. The van der Waals surface area contributed by atoms with Crippen LogP contribution < -0.4 is 4.90 Å². The van der Waals surface area contributed by atoms with Crippen LogP contribution in [0.4, 0.5) is 5.69 Å². The van der Waals surface area contributed by atoms with Gasteiger partial charge in [-0.15, -0.1) is 0 Å². The van der Waals surface area contributed by atoms with Crippen LogP contribution in [0.1, 0.15) is 42.4 Å². The van der Waals surface area contributed by atoms with Gasteiger partial charge in [-0.3, -0.25) is 19.2 Å². The molecule has 3 rings (SSSR count). The van der Waals surface area contributed by atoms with Crippen LogP contribution in [-0.4, -0.2) is 28.5 Å². The van der Waals surface area contributed by atoms with Crippen molar-refractivity contribution in [3.05, 3.63) is 65.2 Å². The fourth-order valence-electron chi connectivity index (χ4n) is 3.45. The fourth-order valence-corrected chi connectivity index (χ4v) is 3.45. The number of para-hydroxylation sites is 1. The van der Waals surface area contributed by atoms with Crippen LogP contribution in [0.3, 0.4) is 0 Å². The second-order valence-corrected chi connectivity index (χ2v) is 7.21. The Balaban J connectivity index is 1.78. The molecule has 0 radical (unpaired) electrons. The zero-order valence-corrected chi connectivity index (χ0v) is 16.7. The highest BCUT2D eigenvalue weighted by Gasteiger charge is 2.34. The fraction of sp³-hybridized carbons (Fsp3) is 0.304. The van der Waals surface area contributed by atoms with E-state index in [1.165, 1.54) is 0 Å². The van der Waals surface area contributed by atoms with E-state index in [1.807, 2.05) is 62.4 Å². The lowest BCUT2D eigenvalue weighted by atomic mass is 10.1. The minimum Gasteiger partial charge on any atom is -0.308 e. The summed E-state index contributed by atoms with van der Waals surface area (Å²) in [5.41, 5.74) is 3.82. The lowest BCUT2D eigenvalue weighted by Gasteiger charge is -2.25. The normalized spacial score (nSPS) is 13.7. The predicted octanol–water partition coefficient (Wildman–Crippen LogP) is 3.29. The van der Waals surface area contributed by atoms with Gasteiger partial charge in [-0.2, -0.15) is 0 Å². The number of aryl methyl sites for hydroxylation is 2. The van der Waals surface area contributed by atoms with Crippen LogP contribution in [0.15, 0.2) is 48.5 Å². The summed E-state index contributed by atoms with van der Waals surface area (Å²) in [6.07, 6.45) is -0.134. The first-order valence-electron chi connectivity index (χ1n) is 9.67. The highest BCUT2D eigenvalue weighted by atomic mass is 16.2. The van der Waals surface area contributed by atoms with Gasteiger partial charge in [-0.05, 0) is 36.6 Å². The van der Waals surface area contributed by atoms with Crippen molar-refractivity contribution < 1.29 is 19.2 Å². The number of benzene rings is 2. The Morgan fingerprint density at radius 3 is 2.07 bits per heavy atom. The van der Waals surface area contributed by atoms with Crippen molar-refractivity contribution in [2.45, 2.75) is 46.1 Å². The van der Waals surface area contributed by atoms with Crippen LogP contribution >= 0.6 is 0 Å². The van der Waals surface area contributed by atoms with Crippen molar-refractivity contribution in [1.82, 2.24) is 4.90 Å². The molecule has 1 fully saturated rings. The monoisotopic (exact) mass is 392 g/mol. The van der Waals surface area contributed by atoms with Crippen LogP contribution in [-0.2, 0) is 25.7 Å². The number of hydrogen-bond donors (Lipinski definition) is 0. The van der Waals surface area contributed by atoms with Crippen molar-refractivity contribution in [3.63, 3.8) is 0 Å². The van der Waals surface area contributed by atoms with E-state index in [2.05, 4.69) is 0 Å². The third kappa shape index (κ3) is 4.59. The van der Waals surface area contributed by atoms with Crippen LogP contribution in [0.2, 0.25) is 0 Å². The molecule has 1 heterocycles. The number of carbonyl (C=O) groups excluding carboxylic acids is 4. The van der Waals surface area contributed by atoms with Gasteiger partial charge >= 0.3 is 0 Å². The van der Waals surface area contributed by atoms with Gasteiger partial charge in [0.25, 0.3) is 0 Å². The van der Waals surface area contributed by atoms with Gasteiger partial charge in [0, 0.05) is 31.4 Å². The lowest BCUT2D eigenvalue weighted by Crippen LogP contribution is -2.37. The quantitative estimate of drug-likeness (QED) is 0.707. The topological polar surface area (TPSA) is 74.8 Å². The third-order valence-corrected chi connectivity index (χ3v) is 5.15. The summed E-state index contributed by atoms with van der Waals surface area (Å²) < 4.78 is 0. The molecule has 1 saturated heterocycles. The Morgan fingerprint density at radius 2 is 1.45 bits per heavy atom. The number of carbonyl (C=O) groups is 4. The van der Waals surface area contributed by atoms with Gasteiger partial charge in [-0.1, -0.05) is 42.5 Å². The highest BCUT2D eigenvalue weighted by Crippen LogP contribution is 2.24. The van der Waals surface area contributed by atoms with Gasteiger partial charge in [0.1, 0.15) is 0 Å². The molecule has 1 aliphatic heterocycles. The number of imide groups is 3. The second-order valence-electron chi connectivity index (χ2n) is 7.21. The molecule has 2 aromatic rings. The van der Waals surface area contributed by atoms with E-state index >= 15 is 0 Å². The Bertz CT molecular complexity index is 951. The molecule has 6 nitrogen and oxygen atoms in total. The lowest BCUT2D eigenvalue weighted by molar-refractivity contribution is -0.150. The molecule has 4 amide bonds. The molecule has 0 unspecified atom stereocenters. The number of rotatable bonds is 6. The summed E-state index contributed by atoms with van der Waals surface area (Å²) in [5, 5.41) is 0. The minimum absolute atomic E-state index is 0.0567. The van der Waals surface area contributed by atoms with E-state index in [-0.39, 0.29) is 31.6 Å². The molecule has 0 spiro atoms. The molecule has 0 N–H and O–H groups in total.